The summed E-state index contributed by atoms with van der Waals surface area (Å²) < 4.78 is 46.3. The molecule has 3 rings (SSSR count). The highest BCUT2D eigenvalue weighted by Gasteiger charge is 2.27. The van der Waals surface area contributed by atoms with Gasteiger partial charge in [-0.25, -0.2) is 12.8 Å². The van der Waals surface area contributed by atoms with Crippen LogP contribution in [-0.2, 0) is 21.2 Å². The number of nitrogens with zero attached hydrogens (tertiary/aromatic N) is 1. The minimum absolute atomic E-state index is 0.101. The first-order valence-electron chi connectivity index (χ1n) is 10.7. The van der Waals surface area contributed by atoms with Crippen LogP contribution in [0.25, 0.3) is 0 Å². The molecule has 0 atom stereocenters. The number of carbonyl (C=O) groups is 1. The summed E-state index contributed by atoms with van der Waals surface area (Å²) in [5, 5.41) is 2.69. The molecule has 8 heteroatoms. The summed E-state index contributed by atoms with van der Waals surface area (Å²) in [5.74, 6) is -0.321. The van der Waals surface area contributed by atoms with Crippen LogP contribution in [0.1, 0.15) is 18.9 Å². The summed E-state index contributed by atoms with van der Waals surface area (Å²) in [5.41, 5.74) is 1.57. The molecule has 6 nitrogen and oxygen atoms in total. The molecule has 174 valence electrons. The number of nitrogens with one attached hydrogen (secondary N) is 1. The van der Waals surface area contributed by atoms with Crippen LogP contribution in [0.4, 0.5) is 10.1 Å². The van der Waals surface area contributed by atoms with Gasteiger partial charge >= 0.3 is 0 Å². The first-order valence-corrected chi connectivity index (χ1v) is 12.2. The number of amides is 1. The number of aryl methyl sites for hydroxylation is 1. The molecule has 1 N–H and O–H groups in total. The SMILES string of the molecule is CCCc1ccc(OCCNC(=O)CN(c2ccccc2)S(=O)(=O)c2ccc(F)cc2)cc1. The van der Waals surface area contributed by atoms with E-state index in [1.807, 2.05) is 24.3 Å². The predicted molar refractivity (Wildman–Crippen MR) is 126 cm³/mol. The number of para-hydroxylation sites is 1. The summed E-state index contributed by atoms with van der Waals surface area (Å²) in [6.45, 7) is 2.16. The number of rotatable bonds is 11. The third kappa shape index (κ3) is 6.79. The van der Waals surface area contributed by atoms with Crippen LogP contribution >= 0.6 is 0 Å². The number of benzene rings is 3. The van der Waals surface area contributed by atoms with Gasteiger partial charge in [0.1, 0.15) is 24.7 Å². The molecule has 0 spiro atoms. The van der Waals surface area contributed by atoms with Gasteiger partial charge in [0.15, 0.2) is 0 Å². The quantitative estimate of drug-likeness (QED) is 0.427. The molecule has 33 heavy (non-hydrogen) atoms. The maximum Gasteiger partial charge on any atom is 0.264 e. The summed E-state index contributed by atoms with van der Waals surface area (Å²) in [7, 11) is -4.07. The number of anilines is 1. The standard InChI is InChI=1S/C25H27FN2O4S/c1-2-6-20-9-13-23(14-10-20)32-18-17-27-25(29)19-28(22-7-4-3-5-8-22)33(30,31)24-15-11-21(26)12-16-24/h3-5,7-16H,2,6,17-19H2,1H3,(H,27,29). The van der Waals surface area contributed by atoms with Gasteiger partial charge in [0.25, 0.3) is 10.0 Å². The first kappa shape index (κ1) is 24.3. The molecular formula is C25H27FN2O4S. The summed E-state index contributed by atoms with van der Waals surface area (Å²) in [4.78, 5) is 12.5. The summed E-state index contributed by atoms with van der Waals surface area (Å²) in [6, 6.07) is 20.6. The van der Waals surface area contributed by atoms with Crippen molar-refractivity contribution < 1.29 is 22.3 Å². The molecule has 0 bridgehead atoms. The number of halogens is 1. The molecule has 1 amide bonds. The number of carbonyl (C=O) groups excluding carboxylic acids is 1. The Labute approximate surface area is 194 Å². The third-order valence-electron chi connectivity index (χ3n) is 4.89. The van der Waals surface area contributed by atoms with E-state index in [2.05, 4.69) is 12.2 Å². The predicted octanol–water partition coefficient (Wildman–Crippen LogP) is 4.17. The van der Waals surface area contributed by atoms with Crippen LogP contribution in [-0.4, -0.2) is 34.0 Å². The van der Waals surface area contributed by atoms with Crippen molar-refractivity contribution in [1.82, 2.24) is 5.32 Å². The Kier molecular flexibility index (Phi) is 8.43. The largest absolute Gasteiger partial charge is 0.492 e. The Balaban J connectivity index is 1.61. The van der Waals surface area contributed by atoms with E-state index in [1.165, 1.54) is 17.7 Å². The minimum atomic E-state index is -4.07. The molecule has 3 aromatic rings. The smallest absolute Gasteiger partial charge is 0.264 e. The fourth-order valence-electron chi connectivity index (χ4n) is 3.23. The van der Waals surface area contributed by atoms with E-state index in [0.29, 0.717) is 11.4 Å². The van der Waals surface area contributed by atoms with E-state index >= 15 is 0 Å². The molecule has 0 radical (unpaired) electrons. The zero-order valence-electron chi connectivity index (χ0n) is 18.4. The Morgan fingerprint density at radius 2 is 1.64 bits per heavy atom. The average molecular weight is 471 g/mol. The van der Waals surface area contributed by atoms with E-state index in [1.54, 1.807) is 30.3 Å². The molecule has 0 heterocycles. The second-order valence-corrected chi connectivity index (χ2v) is 9.26. The Morgan fingerprint density at radius 1 is 0.970 bits per heavy atom. The van der Waals surface area contributed by atoms with E-state index in [0.717, 1.165) is 29.3 Å². The van der Waals surface area contributed by atoms with Crippen molar-refractivity contribution in [2.45, 2.75) is 24.7 Å². The van der Waals surface area contributed by atoms with Gasteiger partial charge in [-0.05, 0) is 60.5 Å². The van der Waals surface area contributed by atoms with Gasteiger partial charge in [0, 0.05) is 0 Å². The number of ether oxygens (including phenoxy) is 1. The van der Waals surface area contributed by atoms with Gasteiger partial charge in [-0.2, -0.15) is 0 Å². The van der Waals surface area contributed by atoms with Crippen LogP contribution in [0.5, 0.6) is 5.75 Å². The van der Waals surface area contributed by atoms with Crippen molar-refractivity contribution in [3.8, 4) is 5.75 Å². The molecule has 0 fully saturated rings. The molecule has 0 aromatic heterocycles. The van der Waals surface area contributed by atoms with Crippen molar-refractivity contribution in [2.75, 3.05) is 24.0 Å². The highest BCUT2D eigenvalue weighted by molar-refractivity contribution is 7.92. The zero-order valence-corrected chi connectivity index (χ0v) is 19.2. The maximum absolute atomic E-state index is 13.3. The van der Waals surface area contributed by atoms with E-state index < -0.39 is 28.3 Å². The molecule has 3 aromatic carbocycles. The highest BCUT2D eigenvalue weighted by Crippen LogP contribution is 2.23. The maximum atomic E-state index is 13.3. The van der Waals surface area contributed by atoms with Crippen molar-refractivity contribution in [3.63, 3.8) is 0 Å². The second kappa shape index (κ2) is 11.5. The third-order valence-corrected chi connectivity index (χ3v) is 6.68. The molecule has 0 aliphatic heterocycles. The van der Waals surface area contributed by atoms with Gasteiger partial charge in [0.2, 0.25) is 5.91 Å². The monoisotopic (exact) mass is 470 g/mol. The lowest BCUT2D eigenvalue weighted by atomic mass is 10.1. The first-order chi connectivity index (χ1) is 15.9. The number of hydrogen-bond donors (Lipinski definition) is 1. The van der Waals surface area contributed by atoms with Gasteiger partial charge in [-0.3, -0.25) is 9.10 Å². The van der Waals surface area contributed by atoms with Crippen LogP contribution in [0.3, 0.4) is 0 Å². The highest BCUT2D eigenvalue weighted by atomic mass is 32.2. The van der Waals surface area contributed by atoms with Gasteiger partial charge in [0.05, 0.1) is 17.1 Å². The van der Waals surface area contributed by atoms with Crippen molar-refractivity contribution in [2.24, 2.45) is 0 Å². The molecular weight excluding hydrogens is 443 g/mol. The van der Waals surface area contributed by atoms with Crippen LogP contribution in [0.15, 0.2) is 83.8 Å². The fourth-order valence-corrected chi connectivity index (χ4v) is 4.65. The normalized spacial score (nSPS) is 11.1. The van der Waals surface area contributed by atoms with Crippen molar-refractivity contribution >= 4 is 21.6 Å². The van der Waals surface area contributed by atoms with E-state index in [4.69, 9.17) is 4.74 Å². The lowest BCUT2D eigenvalue weighted by molar-refractivity contribution is -0.119. The van der Waals surface area contributed by atoms with E-state index in [9.17, 15) is 17.6 Å². The average Bonchev–Trinajstić information content (AvgIpc) is 2.82. The zero-order chi connectivity index (χ0) is 23.7. The Bertz CT molecular complexity index is 1140. The van der Waals surface area contributed by atoms with E-state index in [-0.39, 0.29) is 18.0 Å². The molecule has 0 aliphatic carbocycles. The number of hydrogen-bond acceptors (Lipinski definition) is 4. The Hall–Kier alpha value is -3.39. The fraction of sp³-hybridized carbons (Fsp3) is 0.240. The van der Waals surface area contributed by atoms with Crippen LogP contribution in [0, 0.1) is 5.82 Å². The summed E-state index contributed by atoms with van der Waals surface area (Å²) >= 11 is 0. The minimum Gasteiger partial charge on any atom is -0.492 e. The second-order valence-electron chi connectivity index (χ2n) is 7.39. The van der Waals surface area contributed by atoms with Gasteiger partial charge in [-0.15, -0.1) is 0 Å². The van der Waals surface area contributed by atoms with Crippen molar-refractivity contribution in [3.05, 3.63) is 90.2 Å². The topological polar surface area (TPSA) is 75.7 Å². The molecule has 0 saturated heterocycles. The molecule has 0 unspecified atom stereocenters. The van der Waals surface area contributed by atoms with Gasteiger partial charge in [-0.1, -0.05) is 43.7 Å². The molecule has 0 aliphatic rings. The number of sulfonamides is 1. The van der Waals surface area contributed by atoms with Crippen molar-refractivity contribution in [1.29, 1.82) is 0 Å². The lowest BCUT2D eigenvalue weighted by Crippen LogP contribution is -2.41. The summed E-state index contributed by atoms with van der Waals surface area (Å²) in [6.07, 6.45) is 2.08. The van der Waals surface area contributed by atoms with Gasteiger partial charge < -0.3 is 10.1 Å². The Morgan fingerprint density at radius 3 is 2.27 bits per heavy atom. The van der Waals surface area contributed by atoms with Crippen LogP contribution < -0.4 is 14.4 Å². The van der Waals surface area contributed by atoms with Crippen LogP contribution in [0.2, 0.25) is 0 Å². The lowest BCUT2D eigenvalue weighted by Gasteiger charge is -2.24. The molecule has 0 saturated carbocycles.